The van der Waals surface area contributed by atoms with Gasteiger partial charge in [-0.15, -0.1) is 12.4 Å². The zero-order chi connectivity index (χ0) is 11.4. The number of rotatable bonds is 3. The number of carbonyl (C=O) groups is 1. The molecule has 0 spiro atoms. The first-order valence-electron chi connectivity index (χ1n) is 5.80. The molecule has 0 saturated heterocycles. The van der Waals surface area contributed by atoms with Gasteiger partial charge in [0.1, 0.15) is 0 Å². The summed E-state index contributed by atoms with van der Waals surface area (Å²) < 4.78 is 0. The Morgan fingerprint density at radius 2 is 2.06 bits per heavy atom. The van der Waals surface area contributed by atoms with Crippen LogP contribution in [0.2, 0.25) is 0 Å². The van der Waals surface area contributed by atoms with E-state index in [9.17, 15) is 4.79 Å². The molecule has 1 aliphatic rings. The van der Waals surface area contributed by atoms with Crippen LogP contribution in [-0.2, 0) is 17.8 Å². The van der Waals surface area contributed by atoms with Crippen LogP contribution in [0.5, 0.6) is 0 Å². The fraction of sp³-hybridized carbons (Fsp3) is 0.462. The summed E-state index contributed by atoms with van der Waals surface area (Å²) in [4.78, 5) is 13.8. The summed E-state index contributed by atoms with van der Waals surface area (Å²) in [6.45, 7) is 2.40. The SMILES string of the molecule is CNCCC(=O)N1CCc2ccccc2C1.Cl. The van der Waals surface area contributed by atoms with E-state index in [1.54, 1.807) is 0 Å². The third-order valence-electron chi connectivity index (χ3n) is 3.07. The Kier molecular flexibility index (Phi) is 5.45. The molecule has 0 aromatic heterocycles. The number of nitrogens with one attached hydrogen (secondary N) is 1. The molecule has 1 amide bonds. The van der Waals surface area contributed by atoms with E-state index < -0.39 is 0 Å². The van der Waals surface area contributed by atoms with Gasteiger partial charge in [0, 0.05) is 26.1 Å². The standard InChI is InChI=1S/C13H18N2O.ClH/c1-14-8-6-13(16)15-9-7-11-4-2-3-5-12(11)10-15;/h2-5,14H,6-10H2,1H3;1H. The Morgan fingerprint density at radius 1 is 1.35 bits per heavy atom. The minimum absolute atomic E-state index is 0. The topological polar surface area (TPSA) is 32.3 Å². The van der Waals surface area contributed by atoms with Crippen molar-refractivity contribution in [1.29, 1.82) is 0 Å². The van der Waals surface area contributed by atoms with Crippen molar-refractivity contribution < 1.29 is 4.79 Å². The van der Waals surface area contributed by atoms with Crippen LogP contribution >= 0.6 is 12.4 Å². The highest BCUT2D eigenvalue weighted by molar-refractivity contribution is 5.85. The molecule has 4 heteroatoms. The number of hydrogen-bond donors (Lipinski definition) is 1. The van der Waals surface area contributed by atoms with Crippen molar-refractivity contribution in [3.8, 4) is 0 Å². The number of hydrogen-bond acceptors (Lipinski definition) is 2. The van der Waals surface area contributed by atoms with Crippen LogP contribution in [0, 0.1) is 0 Å². The highest BCUT2D eigenvalue weighted by Gasteiger charge is 2.19. The lowest BCUT2D eigenvalue weighted by Crippen LogP contribution is -2.37. The Morgan fingerprint density at radius 3 is 2.76 bits per heavy atom. The van der Waals surface area contributed by atoms with Gasteiger partial charge in [0.25, 0.3) is 0 Å². The molecule has 0 atom stereocenters. The van der Waals surface area contributed by atoms with Gasteiger partial charge in [-0.2, -0.15) is 0 Å². The van der Waals surface area contributed by atoms with Gasteiger partial charge in [-0.1, -0.05) is 24.3 Å². The van der Waals surface area contributed by atoms with E-state index in [0.29, 0.717) is 6.42 Å². The predicted octanol–water partition coefficient (Wildman–Crippen LogP) is 1.60. The minimum atomic E-state index is 0. The number of amides is 1. The van der Waals surface area contributed by atoms with Crippen LogP contribution < -0.4 is 5.32 Å². The van der Waals surface area contributed by atoms with Crippen molar-refractivity contribution in [3.05, 3.63) is 35.4 Å². The third kappa shape index (κ3) is 3.45. The summed E-state index contributed by atoms with van der Waals surface area (Å²) in [5, 5.41) is 3.01. The van der Waals surface area contributed by atoms with Crippen LogP contribution in [0.1, 0.15) is 17.5 Å². The normalized spacial score (nSPS) is 13.8. The molecule has 1 N–H and O–H groups in total. The molecule has 0 radical (unpaired) electrons. The molecule has 17 heavy (non-hydrogen) atoms. The van der Waals surface area contributed by atoms with Crippen molar-refractivity contribution in [2.75, 3.05) is 20.1 Å². The second kappa shape index (κ2) is 6.62. The van der Waals surface area contributed by atoms with Crippen LogP contribution in [0.25, 0.3) is 0 Å². The maximum atomic E-state index is 11.9. The zero-order valence-corrected chi connectivity index (χ0v) is 10.9. The molecular weight excluding hydrogens is 236 g/mol. The lowest BCUT2D eigenvalue weighted by molar-refractivity contribution is -0.132. The maximum absolute atomic E-state index is 11.9. The molecule has 1 heterocycles. The van der Waals surface area contributed by atoms with E-state index >= 15 is 0 Å². The first kappa shape index (κ1) is 14.0. The second-order valence-electron chi connectivity index (χ2n) is 4.19. The van der Waals surface area contributed by atoms with Crippen molar-refractivity contribution in [1.82, 2.24) is 10.2 Å². The van der Waals surface area contributed by atoms with Crippen LogP contribution in [0.4, 0.5) is 0 Å². The zero-order valence-electron chi connectivity index (χ0n) is 10.1. The Hall–Kier alpha value is -1.06. The molecule has 3 nitrogen and oxygen atoms in total. The van der Waals surface area contributed by atoms with E-state index in [1.807, 2.05) is 18.0 Å². The number of benzene rings is 1. The van der Waals surface area contributed by atoms with Crippen molar-refractivity contribution in [2.24, 2.45) is 0 Å². The van der Waals surface area contributed by atoms with Crippen molar-refractivity contribution in [3.63, 3.8) is 0 Å². The number of nitrogens with zero attached hydrogens (tertiary/aromatic N) is 1. The Labute approximate surface area is 109 Å². The van der Waals surface area contributed by atoms with Crippen LogP contribution in [-0.4, -0.2) is 30.9 Å². The number of halogens is 1. The molecular formula is C13H19ClN2O. The predicted molar refractivity (Wildman–Crippen MR) is 71.4 cm³/mol. The summed E-state index contributed by atoms with van der Waals surface area (Å²) in [7, 11) is 1.87. The molecule has 0 bridgehead atoms. The number of fused-ring (bicyclic) bond motifs is 1. The average Bonchev–Trinajstić information content (AvgIpc) is 2.35. The van der Waals surface area contributed by atoms with Crippen molar-refractivity contribution >= 4 is 18.3 Å². The lowest BCUT2D eigenvalue weighted by atomic mass is 10.00. The highest BCUT2D eigenvalue weighted by Crippen LogP contribution is 2.18. The molecule has 1 aliphatic heterocycles. The van der Waals surface area contributed by atoms with Gasteiger partial charge in [-0.3, -0.25) is 4.79 Å². The quantitative estimate of drug-likeness (QED) is 0.889. The summed E-state index contributed by atoms with van der Waals surface area (Å²) >= 11 is 0. The fourth-order valence-corrected chi connectivity index (χ4v) is 2.10. The van der Waals surface area contributed by atoms with Crippen LogP contribution in [0.3, 0.4) is 0 Å². The van der Waals surface area contributed by atoms with E-state index in [4.69, 9.17) is 0 Å². The van der Waals surface area contributed by atoms with Gasteiger partial charge < -0.3 is 10.2 Å². The summed E-state index contributed by atoms with van der Waals surface area (Å²) in [6.07, 6.45) is 1.58. The summed E-state index contributed by atoms with van der Waals surface area (Å²) in [6, 6.07) is 8.38. The van der Waals surface area contributed by atoms with Gasteiger partial charge in [0.2, 0.25) is 5.91 Å². The second-order valence-corrected chi connectivity index (χ2v) is 4.19. The molecule has 2 rings (SSSR count). The molecule has 0 saturated carbocycles. The molecule has 94 valence electrons. The smallest absolute Gasteiger partial charge is 0.224 e. The first-order chi connectivity index (χ1) is 7.81. The monoisotopic (exact) mass is 254 g/mol. The number of carbonyl (C=O) groups excluding carboxylic acids is 1. The van der Waals surface area contributed by atoms with Gasteiger partial charge in [0.15, 0.2) is 0 Å². The molecule has 0 fully saturated rings. The maximum Gasteiger partial charge on any atom is 0.224 e. The molecule has 1 aromatic rings. The Balaban J connectivity index is 0.00000144. The average molecular weight is 255 g/mol. The van der Waals surface area contributed by atoms with Gasteiger partial charge >= 0.3 is 0 Å². The van der Waals surface area contributed by atoms with E-state index in [2.05, 4.69) is 23.5 Å². The molecule has 0 aliphatic carbocycles. The van der Waals surface area contributed by atoms with Crippen molar-refractivity contribution in [2.45, 2.75) is 19.4 Å². The fourth-order valence-electron chi connectivity index (χ4n) is 2.10. The van der Waals surface area contributed by atoms with Crippen LogP contribution in [0.15, 0.2) is 24.3 Å². The van der Waals surface area contributed by atoms with Gasteiger partial charge in [0.05, 0.1) is 0 Å². The van der Waals surface area contributed by atoms with E-state index in [0.717, 1.165) is 26.1 Å². The molecule has 1 aromatic carbocycles. The highest BCUT2D eigenvalue weighted by atomic mass is 35.5. The van der Waals surface area contributed by atoms with Gasteiger partial charge in [-0.05, 0) is 24.6 Å². The summed E-state index contributed by atoms with van der Waals surface area (Å²) in [5.41, 5.74) is 2.69. The summed E-state index contributed by atoms with van der Waals surface area (Å²) in [5.74, 6) is 0.254. The largest absolute Gasteiger partial charge is 0.338 e. The molecule has 0 unspecified atom stereocenters. The minimum Gasteiger partial charge on any atom is -0.338 e. The van der Waals surface area contributed by atoms with E-state index in [1.165, 1.54) is 11.1 Å². The van der Waals surface area contributed by atoms with E-state index in [-0.39, 0.29) is 18.3 Å². The first-order valence-corrected chi connectivity index (χ1v) is 5.80. The van der Waals surface area contributed by atoms with Gasteiger partial charge in [-0.25, -0.2) is 0 Å². The third-order valence-corrected chi connectivity index (χ3v) is 3.07. The Bertz CT molecular complexity index is 381. The lowest BCUT2D eigenvalue weighted by Gasteiger charge is -2.28.